The summed E-state index contributed by atoms with van der Waals surface area (Å²) in [6.45, 7) is 0. The van der Waals surface area contributed by atoms with Gasteiger partial charge in [-0.25, -0.2) is 9.45 Å². The van der Waals surface area contributed by atoms with Crippen LogP contribution in [-0.2, 0) is 4.84 Å². The summed E-state index contributed by atoms with van der Waals surface area (Å²) in [5, 5.41) is 0.935. The molecule has 0 atom stereocenters. The minimum absolute atomic E-state index is 0.00206. The second-order valence-corrected chi connectivity index (χ2v) is 3.87. The molecule has 0 N–H and O–H groups in total. The third-order valence-electron chi connectivity index (χ3n) is 2.01. The smallest absolute Gasteiger partial charge is 0.280 e. The largest absolute Gasteiger partial charge is 0.494 e. The maximum Gasteiger partial charge on any atom is 0.280 e. The predicted octanol–water partition coefficient (Wildman–Crippen LogP) is 2.23. The Morgan fingerprint density at radius 1 is 1.44 bits per heavy atom. The van der Waals surface area contributed by atoms with Gasteiger partial charge < -0.3 is 4.74 Å². The van der Waals surface area contributed by atoms with Crippen molar-refractivity contribution < 1.29 is 18.8 Å². The number of amides is 1. The Morgan fingerprint density at radius 2 is 2.06 bits per heavy atom. The zero-order chi connectivity index (χ0) is 12.3. The Labute approximate surface area is 101 Å². The summed E-state index contributed by atoms with van der Waals surface area (Å²) in [5.41, 5.74) is -0.115. The van der Waals surface area contributed by atoms with Gasteiger partial charge >= 0.3 is 0 Å². The van der Waals surface area contributed by atoms with Crippen LogP contribution in [0.25, 0.3) is 0 Å². The van der Waals surface area contributed by atoms with Gasteiger partial charge in [0.05, 0.1) is 19.8 Å². The third-order valence-corrected chi connectivity index (χ3v) is 2.47. The predicted molar refractivity (Wildman–Crippen MR) is 59.8 cm³/mol. The zero-order valence-corrected chi connectivity index (χ0v) is 10.7. The lowest BCUT2D eigenvalue weighted by atomic mass is 10.2. The van der Waals surface area contributed by atoms with Crippen LogP contribution in [0, 0.1) is 5.82 Å². The lowest BCUT2D eigenvalue weighted by Gasteiger charge is -2.15. The second-order valence-electron chi connectivity index (χ2n) is 2.95. The van der Waals surface area contributed by atoms with E-state index in [9.17, 15) is 9.18 Å². The average Bonchev–Trinajstić information content (AvgIpc) is 2.29. The molecule has 0 spiro atoms. The fourth-order valence-corrected chi connectivity index (χ4v) is 1.56. The maximum atomic E-state index is 13.8. The number of hydrogen-bond donors (Lipinski definition) is 0. The molecule has 0 unspecified atom stereocenters. The minimum Gasteiger partial charge on any atom is -0.494 e. The highest BCUT2D eigenvalue weighted by atomic mass is 79.9. The number of carbonyl (C=O) groups is 1. The fourth-order valence-electron chi connectivity index (χ4n) is 1.12. The molecule has 0 saturated heterocycles. The van der Waals surface area contributed by atoms with Crippen LogP contribution in [0.15, 0.2) is 16.6 Å². The quantitative estimate of drug-likeness (QED) is 0.802. The molecule has 0 bridgehead atoms. The Balaban J connectivity index is 3.23. The molecule has 0 aliphatic heterocycles. The standard InChI is InChI=1S/C10H11BrFNO3/c1-13(16-3)10(14)7-4-6(11)5-8(15-2)9(7)12/h4-5H,1-3H3. The Bertz CT molecular complexity index is 411. The molecule has 16 heavy (non-hydrogen) atoms. The van der Waals surface area contributed by atoms with Gasteiger partial charge in [0.1, 0.15) is 0 Å². The first-order chi connectivity index (χ1) is 7.51. The van der Waals surface area contributed by atoms with Crippen molar-refractivity contribution in [2.75, 3.05) is 21.3 Å². The normalized spacial score (nSPS) is 10.1. The molecule has 1 rings (SSSR count). The van der Waals surface area contributed by atoms with E-state index in [2.05, 4.69) is 15.9 Å². The molecular weight excluding hydrogens is 281 g/mol. The molecule has 0 aliphatic carbocycles. The Morgan fingerprint density at radius 3 is 2.56 bits per heavy atom. The molecule has 0 heterocycles. The average molecular weight is 292 g/mol. The Kier molecular flexibility index (Phi) is 4.26. The number of nitrogens with zero attached hydrogens (tertiary/aromatic N) is 1. The van der Waals surface area contributed by atoms with Gasteiger partial charge in [0, 0.05) is 11.5 Å². The van der Waals surface area contributed by atoms with Gasteiger partial charge in [0.25, 0.3) is 5.91 Å². The van der Waals surface area contributed by atoms with E-state index in [1.54, 1.807) is 0 Å². The van der Waals surface area contributed by atoms with Crippen molar-refractivity contribution >= 4 is 21.8 Å². The van der Waals surface area contributed by atoms with Crippen molar-refractivity contribution in [3.8, 4) is 5.75 Å². The summed E-state index contributed by atoms with van der Waals surface area (Å²) >= 11 is 3.17. The van der Waals surface area contributed by atoms with Gasteiger partial charge in [-0.15, -0.1) is 0 Å². The van der Waals surface area contributed by atoms with Crippen LogP contribution < -0.4 is 4.74 Å². The van der Waals surface area contributed by atoms with E-state index in [0.717, 1.165) is 5.06 Å². The third kappa shape index (κ3) is 2.51. The first-order valence-corrected chi connectivity index (χ1v) is 5.15. The summed E-state index contributed by atoms with van der Waals surface area (Å²) < 4.78 is 19.1. The highest BCUT2D eigenvalue weighted by Gasteiger charge is 2.20. The number of carbonyl (C=O) groups excluding carboxylic acids is 1. The van der Waals surface area contributed by atoms with E-state index in [4.69, 9.17) is 9.57 Å². The van der Waals surface area contributed by atoms with Crippen molar-refractivity contribution in [3.05, 3.63) is 28.0 Å². The second kappa shape index (κ2) is 5.27. The molecule has 0 saturated carbocycles. The number of halogens is 2. The number of hydroxylamine groups is 2. The van der Waals surface area contributed by atoms with E-state index in [0.29, 0.717) is 4.47 Å². The number of benzene rings is 1. The highest BCUT2D eigenvalue weighted by molar-refractivity contribution is 9.10. The van der Waals surface area contributed by atoms with Gasteiger partial charge in [-0.1, -0.05) is 15.9 Å². The molecule has 6 heteroatoms. The van der Waals surface area contributed by atoms with Gasteiger partial charge in [-0.05, 0) is 12.1 Å². The van der Waals surface area contributed by atoms with E-state index >= 15 is 0 Å². The van der Waals surface area contributed by atoms with E-state index in [1.165, 1.54) is 33.4 Å². The summed E-state index contributed by atoms with van der Waals surface area (Å²) in [6, 6.07) is 2.81. The summed E-state index contributed by atoms with van der Waals surface area (Å²) in [6.07, 6.45) is 0. The van der Waals surface area contributed by atoms with E-state index in [1.807, 2.05) is 0 Å². The van der Waals surface area contributed by atoms with Crippen molar-refractivity contribution in [2.45, 2.75) is 0 Å². The Hall–Kier alpha value is -1.14. The van der Waals surface area contributed by atoms with Crippen LogP contribution in [0.3, 0.4) is 0 Å². The zero-order valence-electron chi connectivity index (χ0n) is 9.08. The first-order valence-electron chi connectivity index (χ1n) is 4.36. The molecule has 1 aromatic rings. The van der Waals surface area contributed by atoms with Crippen molar-refractivity contribution in [1.29, 1.82) is 0 Å². The lowest BCUT2D eigenvalue weighted by molar-refractivity contribution is -0.0759. The summed E-state index contributed by atoms with van der Waals surface area (Å²) in [7, 11) is 4.05. The molecule has 0 fully saturated rings. The van der Waals surface area contributed by atoms with Crippen LogP contribution >= 0.6 is 15.9 Å². The molecule has 88 valence electrons. The summed E-state index contributed by atoms with van der Waals surface area (Å²) in [4.78, 5) is 16.4. The molecular formula is C10H11BrFNO3. The molecule has 0 aliphatic rings. The molecule has 0 aromatic heterocycles. The lowest BCUT2D eigenvalue weighted by Crippen LogP contribution is -2.26. The SMILES string of the molecule is COc1cc(Br)cc(C(=O)N(C)OC)c1F. The topological polar surface area (TPSA) is 38.8 Å². The van der Waals surface area contributed by atoms with Crippen LogP contribution in [0.4, 0.5) is 4.39 Å². The summed E-state index contributed by atoms with van der Waals surface area (Å²) in [5.74, 6) is -1.29. The number of rotatable bonds is 3. The van der Waals surface area contributed by atoms with E-state index in [-0.39, 0.29) is 11.3 Å². The molecule has 0 radical (unpaired) electrons. The highest BCUT2D eigenvalue weighted by Crippen LogP contribution is 2.26. The van der Waals surface area contributed by atoms with Crippen LogP contribution in [0.2, 0.25) is 0 Å². The molecule has 1 aromatic carbocycles. The molecule has 1 amide bonds. The molecule has 4 nitrogen and oxygen atoms in total. The monoisotopic (exact) mass is 291 g/mol. The first kappa shape index (κ1) is 12.9. The van der Waals surface area contributed by atoms with Gasteiger partial charge in [-0.2, -0.15) is 0 Å². The fraction of sp³-hybridized carbons (Fsp3) is 0.300. The maximum absolute atomic E-state index is 13.8. The number of methoxy groups -OCH3 is 1. The van der Waals surface area contributed by atoms with Crippen molar-refractivity contribution in [3.63, 3.8) is 0 Å². The van der Waals surface area contributed by atoms with E-state index < -0.39 is 11.7 Å². The minimum atomic E-state index is -0.709. The van der Waals surface area contributed by atoms with Crippen LogP contribution in [0.5, 0.6) is 5.75 Å². The van der Waals surface area contributed by atoms with Gasteiger partial charge in [0.2, 0.25) is 0 Å². The van der Waals surface area contributed by atoms with Gasteiger partial charge in [-0.3, -0.25) is 9.63 Å². The van der Waals surface area contributed by atoms with Crippen LogP contribution in [0.1, 0.15) is 10.4 Å². The van der Waals surface area contributed by atoms with Crippen molar-refractivity contribution in [1.82, 2.24) is 5.06 Å². The number of ether oxygens (including phenoxy) is 1. The van der Waals surface area contributed by atoms with Crippen molar-refractivity contribution in [2.24, 2.45) is 0 Å². The number of hydrogen-bond acceptors (Lipinski definition) is 3. The van der Waals surface area contributed by atoms with Crippen LogP contribution in [-0.4, -0.2) is 32.2 Å². The van der Waals surface area contributed by atoms with Gasteiger partial charge in [0.15, 0.2) is 11.6 Å².